The second kappa shape index (κ2) is 4.04. The standard InChI is InChI=1S/C11H11ClN2O/c1-14-10(9(12)7-13-14)11(15)8-5-3-2-4-6-8/h2-7,11,15H,1H3. The number of nitrogens with zero attached hydrogens (tertiary/aromatic N) is 2. The summed E-state index contributed by atoms with van der Waals surface area (Å²) >= 11 is 5.95. The van der Waals surface area contributed by atoms with Crippen LogP contribution in [-0.4, -0.2) is 14.9 Å². The van der Waals surface area contributed by atoms with E-state index in [-0.39, 0.29) is 0 Å². The van der Waals surface area contributed by atoms with Crippen LogP contribution in [0.1, 0.15) is 17.4 Å². The zero-order valence-electron chi connectivity index (χ0n) is 8.26. The summed E-state index contributed by atoms with van der Waals surface area (Å²) in [5.74, 6) is 0. The van der Waals surface area contributed by atoms with Crippen LogP contribution < -0.4 is 0 Å². The van der Waals surface area contributed by atoms with E-state index in [9.17, 15) is 5.11 Å². The number of aliphatic hydroxyl groups is 1. The van der Waals surface area contributed by atoms with E-state index in [0.717, 1.165) is 5.56 Å². The summed E-state index contributed by atoms with van der Waals surface area (Å²) in [4.78, 5) is 0. The highest BCUT2D eigenvalue weighted by Crippen LogP contribution is 2.27. The lowest BCUT2D eigenvalue weighted by Gasteiger charge is -2.11. The van der Waals surface area contributed by atoms with E-state index in [4.69, 9.17) is 11.6 Å². The van der Waals surface area contributed by atoms with Crippen molar-refractivity contribution >= 4 is 11.6 Å². The van der Waals surface area contributed by atoms with Crippen LogP contribution in [-0.2, 0) is 7.05 Å². The van der Waals surface area contributed by atoms with Gasteiger partial charge < -0.3 is 5.11 Å². The summed E-state index contributed by atoms with van der Waals surface area (Å²) in [5, 5.41) is 14.6. The first kappa shape index (κ1) is 10.2. The van der Waals surface area contributed by atoms with Gasteiger partial charge >= 0.3 is 0 Å². The molecule has 0 fully saturated rings. The van der Waals surface area contributed by atoms with Gasteiger partial charge in [-0.05, 0) is 5.56 Å². The van der Waals surface area contributed by atoms with Crippen molar-refractivity contribution in [1.29, 1.82) is 0 Å². The third-order valence-corrected chi connectivity index (χ3v) is 2.60. The van der Waals surface area contributed by atoms with E-state index in [0.29, 0.717) is 10.7 Å². The van der Waals surface area contributed by atoms with E-state index in [1.165, 1.54) is 6.20 Å². The SMILES string of the molecule is Cn1ncc(Cl)c1C(O)c1ccccc1. The fourth-order valence-corrected chi connectivity index (χ4v) is 1.79. The molecule has 1 atom stereocenters. The molecule has 0 aliphatic rings. The molecule has 0 aliphatic heterocycles. The van der Waals surface area contributed by atoms with Gasteiger partial charge in [-0.15, -0.1) is 0 Å². The van der Waals surface area contributed by atoms with Gasteiger partial charge in [0.1, 0.15) is 6.10 Å². The molecule has 4 heteroatoms. The Hall–Kier alpha value is -1.32. The van der Waals surface area contributed by atoms with Gasteiger partial charge in [-0.25, -0.2) is 0 Å². The Bertz CT molecular complexity index is 433. The maximum absolute atomic E-state index is 10.1. The third kappa shape index (κ3) is 1.89. The molecule has 0 amide bonds. The molecule has 1 heterocycles. The van der Waals surface area contributed by atoms with E-state index in [1.807, 2.05) is 30.3 Å². The zero-order chi connectivity index (χ0) is 10.8. The van der Waals surface area contributed by atoms with Crippen LogP contribution in [0.3, 0.4) is 0 Å². The molecule has 1 N–H and O–H groups in total. The Morgan fingerprint density at radius 3 is 2.53 bits per heavy atom. The molecular formula is C11H11ClN2O. The number of aromatic nitrogens is 2. The van der Waals surface area contributed by atoms with Gasteiger partial charge in [0, 0.05) is 7.05 Å². The number of aliphatic hydroxyl groups excluding tert-OH is 1. The minimum atomic E-state index is -0.730. The van der Waals surface area contributed by atoms with Crippen molar-refractivity contribution in [2.24, 2.45) is 7.05 Å². The number of aryl methyl sites for hydroxylation is 1. The number of hydrogen-bond donors (Lipinski definition) is 1. The van der Waals surface area contributed by atoms with Crippen molar-refractivity contribution in [3.8, 4) is 0 Å². The molecule has 2 rings (SSSR count). The minimum absolute atomic E-state index is 0.480. The molecule has 15 heavy (non-hydrogen) atoms. The van der Waals surface area contributed by atoms with Crippen molar-refractivity contribution in [2.75, 3.05) is 0 Å². The Morgan fingerprint density at radius 1 is 1.33 bits per heavy atom. The van der Waals surface area contributed by atoms with E-state index in [1.54, 1.807) is 11.7 Å². The second-order valence-electron chi connectivity index (χ2n) is 3.31. The Labute approximate surface area is 92.9 Å². The average Bonchev–Trinajstić information content (AvgIpc) is 2.59. The van der Waals surface area contributed by atoms with Crippen molar-refractivity contribution < 1.29 is 5.11 Å². The molecule has 0 bridgehead atoms. The molecule has 78 valence electrons. The van der Waals surface area contributed by atoms with Crippen LogP contribution in [0.4, 0.5) is 0 Å². The predicted molar refractivity (Wildman–Crippen MR) is 58.7 cm³/mol. The molecular weight excluding hydrogens is 212 g/mol. The van der Waals surface area contributed by atoms with Crippen molar-refractivity contribution in [1.82, 2.24) is 9.78 Å². The smallest absolute Gasteiger partial charge is 0.122 e. The summed E-state index contributed by atoms with van der Waals surface area (Å²) in [6.45, 7) is 0. The molecule has 0 radical (unpaired) electrons. The summed E-state index contributed by atoms with van der Waals surface area (Å²) in [7, 11) is 1.76. The largest absolute Gasteiger partial charge is 0.382 e. The van der Waals surface area contributed by atoms with Crippen LogP contribution >= 0.6 is 11.6 Å². The second-order valence-corrected chi connectivity index (χ2v) is 3.72. The topological polar surface area (TPSA) is 38.0 Å². The van der Waals surface area contributed by atoms with Crippen LogP contribution in [0.25, 0.3) is 0 Å². The van der Waals surface area contributed by atoms with E-state index >= 15 is 0 Å². The van der Waals surface area contributed by atoms with Gasteiger partial charge in [0.05, 0.1) is 16.9 Å². The number of rotatable bonds is 2. The fraction of sp³-hybridized carbons (Fsp3) is 0.182. The number of hydrogen-bond acceptors (Lipinski definition) is 2. The lowest BCUT2D eigenvalue weighted by molar-refractivity contribution is 0.210. The van der Waals surface area contributed by atoms with Crippen molar-refractivity contribution in [2.45, 2.75) is 6.10 Å². The highest BCUT2D eigenvalue weighted by atomic mass is 35.5. The van der Waals surface area contributed by atoms with Crippen LogP contribution in [0.5, 0.6) is 0 Å². The molecule has 2 aromatic rings. The van der Waals surface area contributed by atoms with Gasteiger partial charge in [-0.2, -0.15) is 5.10 Å². The number of benzene rings is 1. The Morgan fingerprint density at radius 2 is 2.00 bits per heavy atom. The van der Waals surface area contributed by atoms with E-state index in [2.05, 4.69) is 5.10 Å². The van der Waals surface area contributed by atoms with Crippen LogP contribution in [0, 0.1) is 0 Å². The van der Waals surface area contributed by atoms with Crippen LogP contribution in [0.2, 0.25) is 5.02 Å². The first-order valence-electron chi connectivity index (χ1n) is 4.60. The van der Waals surface area contributed by atoms with Crippen molar-refractivity contribution in [3.63, 3.8) is 0 Å². The summed E-state index contributed by atoms with van der Waals surface area (Å²) in [6, 6.07) is 9.37. The molecule has 0 spiro atoms. The van der Waals surface area contributed by atoms with Gasteiger partial charge in [-0.1, -0.05) is 41.9 Å². The highest BCUT2D eigenvalue weighted by molar-refractivity contribution is 6.31. The van der Waals surface area contributed by atoms with Gasteiger partial charge in [0.15, 0.2) is 0 Å². The molecule has 0 aliphatic carbocycles. The Kier molecular flexibility index (Phi) is 2.75. The number of halogens is 1. The lowest BCUT2D eigenvalue weighted by atomic mass is 10.1. The normalized spacial score (nSPS) is 12.7. The first-order valence-corrected chi connectivity index (χ1v) is 4.98. The Balaban J connectivity index is 2.41. The minimum Gasteiger partial charge on any atom is -0.382 e. The predicted octanol–water partition coefficient (Wildman–Crippen LogP) is 2.16. The van der Waals surface area contributed by atoms with Gasteiger partial charge in [0.2, 0.25) is 0 Å². The maximum atomic E-state index is 10.1. The summed E-state index contributed by atoms with van der Waals surface area (Å²) < 4.78 is 1.58. The fourth-order valence-electron chi connectivity index (χ4n) is 1.52. The van der Waals surface area contributed by atoms with E-state index < -0.39 is 6.10 Å². The van der Waals surface area contributed by atoms with Gasteiger partial charge in [-0.3, -0.25) is 4.68 Å². The third-order valence-electron chi connectivity index (χ3n) is 2.31. The lowest BCUT2D eigenvalue weighted by Crippen LogP contribution is -2.06. The molecule has 0 saturated heterocycles. The van der Waals surface area contributed by atoms with Crippen LogP contribution in [0.15, 0.2) is 36.5 Å². The maximum Gasteiger partial charge on any atom is 0.122 e. The molecule has 1 unspecified atom stereocenters. The molecule has 1 aromatic heterocycles. The monoisotopic (exact) mass is 222 g/mol. The zero-order valence-corrected chi connectivity index (χ0v) is 9.02. The molecule has 1 aromatic carbocycles. The highest BCUT2D eigenvalue weighted by Gasteiger charge is 2.17. The van der Waals surface area contributed by atoms with Gasteiger partial charge in [0.25, 0.3) is 0 Å². The first-order chi connectivity index (χ1) is 7.20. The molecule has 3 nitrogen and oxygen atoms in total. The summed E-state index contributed by atoms with van der Waals surface area (Å²) in [5.41, 5.74) is 1.42. The summed E-state index contributed by atoms with van der Waals surface area (Å²) in [6.07, 6.45) is 0.800. The average molecular weight is 223 g/mol. The quantitative estimate of drug-likeness (QED) is 0.846. The van der Waals surface area contributed by atoms with Crippen molar-refractivity contribution in [3.05, 3.63) is 52.8 Å². The molecule has 0 saturated carbocycles.